The summed E-state index contributed by atoms with van der Waals surface area (Å²) in [6.45, 7) is 3.18. The van der Waals surface area contributed by atoms with Crippen LogP contribution in [-0.2, 0) is 6.42 Å². The van der Waals surface area contributed by atoms with Crippen LogP contribution < -0.4 is 5.32 Å². The Kier molecular flexibility index (Phi) is 4.44. The molecule has 0 amide bonds. The first kappa shape index (κ1) is 14.1. The van der Waals surface area contributed by atoms with Crippen molar-refractivity contribution in [3.63, 3.8) is 0 Å². The Labute approximate surface area is 127 Å². The van der Waals surface area contributed by atoms with Gasteiger partial charge in [0.2, 0.25) is 0 Å². The molecule has 1 unspecified atom stereocenters. The minimum Gasteiger partial charge on any atom is -0.309 e. The standard InChI is InChI=1S/C16H18FNS2/c1-11-9-15(14-6-8-19-16(14)20-11)18-7-5-12-3-2-4-13(17)10-12/h2-4,6,8,10-11,15,18H,5,7,9H2,1H3/t11-,15?/m0/s1. The van der Waals surface area contributed by atoms with Crippen LogP contribution in [0.25, 0.3) is 0 Å². The first-order valence-electron chi connectivity index (χ1n) is 6.94. The molecule has 1 N–H and O–H groups in total. The van der Waals surface area contributed by atoms with Crippen LogP contribution in [0, 0.1) is 5.82 Å². The fourth-order valence-corrected chi connectivity index (χ4v) is 5.19. The van der Waals surface area contributed by atoms with Crippen molar-refractivity contribution in [2.24, 2.45) is 0 Å². The van der Waals surface area contributed by atoms with Gasteiger partial charge in [-0.2, -0.15) is 0 Å². The molecule has 2 atom stereocenters. The van der Waals surface area contributed by atoms with Gasteiger partial charge in [-0.25, -0.2) is 4.39 Å². The smallest absolute Gasteiger partial charge is 0.123 e. The van der Waals surface area contributed by atoms with Crippen LogP contribution in [0.4, 0.5) is 4.39 Å². The number of benzene rings is 1. The number of nitrogens with one attached hydrogen (secondary N) is 1. The molecular formula is C16H18FNS2. The quantitative estimate of drug-likeness (QED) is 0.883. The van der Waals surface area contributed by atoms with Crippen molar-refractivity contribution >= 4 is 23.1 Å². The van der Waals surface area contributed by atoms with E-state index in [1.54, 1.807) is 12.1 Å². The van der Waals surface area contributed by atoms with Crippen LogP contribution in [0.15, 0.2) is 39.9 Å². The summed E-state index contributed by atoms with van der Waals surface area (Å²) in [5.41, 5.74) is 2.50. The minimum atomic E-state index is -0.148. The first-order chi connectivity index (χ1) is 9.72. The highest BCUT2D eigenvalue weighted by molar-refractivity contribution is 8.01. The lowest BCUT2D eigenvalue weighted by Gasteiger charge is -2.27. The lowest BCUT2D eigenvalue weighted by Crippen LogP contribution is -2.28. The molecule has 2 aromatic rings. The van der Waals surface area contributed by atoms with Crippen LogP contribution in [0.1, 0.15) is 30.5 Å². The number of rotatable bonds is 4. The molecular weight excluding hydrogens is 289 g/mol. The molecule has 106 valence electrons. The summed E-state index contributed by atoms with van der Waals surface area (Å²) in [6.07, 6.45) is 2.03. The average molecular weight is 307 g/mol. The van der Waals surface area contributed by atoms with Gasteiger partial charge < -0.3 is 5.32 Å². The summed E-state index contributed by atoms with van der Waals surface area (Å²) in [7, 11) is 0. The summed E-state index contributed by atoms with van der Waals surface area (Å²) >= 11 is 3.82. The Balaban J connectivity index is 1.59. The third-order valence-corrected chi connectivity index (χ3v) is 5.95. The third kappa shape index (κ3) is 3.25. The van der Waals surface area contributed by atoms with E-state index in [1.165, 1.54) is 15.8 Å². The molecule has 1 aliphatic rings. The molecule has 0 aliphatic carbocycles. The highest BCUT2D eigenvalue weighted by atomic mass is 32.2. The predicted molar refractivity (Wildman–Crippen MR) is 85.1 cm³/mol. The van der Waals surface area contributed by atoms with E-state index >= 15 is 0 Å². The summed E-state index contributed by atoms with van der Waals surface area (Å²) < 4.78 is 14.6. The molecule has 0 bridgehead atoms. The minimum absolute atomic E-state index is 0.148. The summed E-state index contributed by atoms with van der Waals surface area (Å²) in [5, 5.41) is 6.47. The zero-order valence-corrected chi connectivity index (χ0v) is 13.1. The molecule has 20 heavy (non-hydrogen) atoms. The molecule has 0 fully saturated rings. The molecule has 0 saturated carbocycles. The lowest BCUT2D eigenvalue weighted by molar-refractivity contribution is 0.491. The van der Waals surface area contributed by atoms with Crippen molar-refractivity contribution in [1.82, 2.24) is 5.32 Å². The van der Waals surface area contributed by atoms with Crippen LogP contribution >= 0.6 is 23.1 Å². The van der Waals surface area contributed by atoms with Gasteiger partial charge in [-0.15, -0.1) is 23.1 Å². The van der Waals surface area contributed by atoms with Crippen molar-refractivity contribution in [3.05, 3.63) is 52.7 Å². The fourth-order valence-electron chi connectivity index (χ4n) is 2.63. The van der Waals surface area contributed by atoms with Crippen molar-refractivity contribution in [1.29, 1.82) is 0 Å². The first-order valence-corrected chi connectivity index (χ1v) is 8.70. The predicted octanol–water partition coefficient (Wildman–Crippen LogP) is 4.64. The van der Waals surface area contributed by atoms with Gasteiger partial charge in [0, 0.05) is 11.3 Å². The van der Waals surface area contributed by atoms with Crippen LogP contribution in [0.3, 0.4) is 0 Å². The van der Waals surface area contributed by atoms with Crippen molar-refractivity contribution in [3.8, 4) is 0 Å². The Morgan fingerprint density at radius 1 is 1.35 bits per heavy atom. The topological polar surface area (TPSA) is 12.0 Å². The second kappa shape index (κ2) is 6.29. The molecule has 0 radical (unpaired) electrons. The summed E-state index contributed by atoms with van der Waals surface area (Å²) in [6, 6.07) is 9.56. The zero-order chi connectivity index (χ0) is 13.9. The van der Waals surface area contributed by atoms with Gasteiger partial charge in [0.05, 0.1) is 4.21 Å². The molecule has 0 saturated heterocycles. The van der Waals surface area contributed by atoms with E-state index in [0.717, 1.165) is 24.9 Å². The van der Waals surface area contributed by atoms with Gasteiger partial charge in [0.15, 0.2) is 0 Å². The maximum Gasteiger partial charge on any atom is 0.123 e. The summed E-state index contributed by atoms with van der Waals surface area (Å²) in [4.78, 5) is 0. The molecule has 1 aliphatic heterocycles. The Bertz CT molecular complexity index is 581. The number of hydrogen-bond donors (Lipinski definition) is 1. The molecule has 3 rings (SSSR count). The number of thioether (sulfide) groups is 1. The molecule has 1 nitrogen and oxygen atoms in total. The van der Waals surface area contributed by atoms with E-state index in [2.05, 4.69) is 23.7 Å². The summed E-state index contributed by atoms with van der Waals surface area (Å²) in [5.74, 6) is -0.148. The Hall–Kier alpha value is -0.840. The maximum absolute atomic E-state index is 13.1. The zero-order valence-electron chi connectivity index (χ0n) is 11.4. The van der Waals surface area contributed by atoms with Gasteiger partial charge in [0.25, 0.3) is 0 Å². The molecule has 1 aromatic carbocycles. The second-order valence-corrected chi connectivity index (χ2v) is 7.84. The average Bonchev–Trinajstić information content (AvgIpc) is 2.87. The fraction of sp³-hybridized carbons (Fsp3) is 0.375. The van der Waals surface area contributed by atoms with Crippen molar-refractivity contribution in [2.75, 3.05) is 6.54 Å². The van der Waals surface area contributed by atoms with Gasteiger partial charge >= 0.3 is 0 Å². The lowest BCUT2D eigenvalue weighted by atomic mass is 10.0. The van der Waals surface area contributed by atoms with E-state index in [-0.39, 0.29) is 5.82 Å². The highest BCUT2D eigenvalue weighted by Gasteiger charge is 2.25. The number of fused-ring (bicyclic) bond motifs is 1. The molecule has 0 spiro atoms. The van der Waals surface area contributed by atoms with Gasteiger partial charge in [0.1, 0.15) is 5.82 Å². The number of hydrogen-bond acceptors (Lipinski definition) is 3. The van der Waals surface area contributed by atoms with E-state index in [1.807, 2.05) is 29.2 Å². The maximum atomic E-state index is 13.1. The van der Waals surface area contributed by atoms with Crippen LogP contribution in [0.5, 0.6) is 0 Å². The van der Waals surface area contributed by atoms with Crippen LogP contribution in [0.2, 0.25) is 0 Å². The van der Waals surface area contributed by atoms with E-state index in [9.17, 15) is 4.39 Å². The molecule has 2 heterocycles. The van der Waals surface area contributed by atoms with E-state index in [0.29, 0.717) is 11.3 Å². The van der Waals surface area contributed by atoms with Crippen molar-refractivity contribution in [2.45, 2.75) is 35.3 Å². The monoisotopic (exact) mass is 307 g/mol. The number of halogens is 1. The normalized spacial score (nSPS) is 21.7. The van der Waals surface area contributed by atoms with Crippen LogP contribution in [-0.4, -0.2) is 11.8 Å². The van der Waals surface area contributed by atoms with Gasteiger partial charge in [-0.3, -0.25) is 0 Å². The largest absolute Gasteiger partial charge is 0.309 e. The third-order valence-electron chi connectivity index (χ3n) is 3.60. The molecule has 4 heteroatoms. The molecule has 1 aromatic heterocycles. The Morgan fingerprint density at radius 2 is 2.25 bits per heavy atom. The van der Waals surface area contributed by atoms with Gasteiger partial charge in [-0.05, 0) is 54.1 Å². The van der Waals surface area contributed by atoms with Crippen molar-refractivity contribution < 1.29 is 4.39 Å². The number of thiophene rings is 1. The highest BCUT2D eigenvalue weighted by Crippen LogP contribution is 2.43. The van der Waals surface area contributed by atoms with E-state index in [4.69, 9.17) is 0 Å². The van der Waals surface area contributed by atoms with E-state index < -0.39 is 0 Å². The van der Waals surface area contributed by atoms with Gasteiger partial charge in [-0.1, -0.05) is 19.1 Å². The SMILES string of the molecule is C[C@H]1CC(NCCc2cccc(F)c2)c2ccsc2S1. The second-order valence-electron chi connectivity index (χ2n) is 5.21. The Morgan fingerprint density at radius 3 is 3.10 bits per heavy atom.